The molecule has 1 amide bonds. The number of carbonyl (C=O) groups is 1. The molecule has 0 saturated carbocycles. The second kappa shape index (κ2) is 5.78. The van der Waals surface area contributed by atoms with E-state index in [0.717, 1.165) is 16.6 Å². The lowest BCUT2D eigenvalue weighted by Crippen LogP contribution is -2.25. The lowest BCUT2D eigenvalue weighted by molar-refractivity contribution is 0.102. The van der Waals surface area contributed by atoms with Gasteiger partial charge in [0, 0.05) is 16.5 Å². The summed E-state index contributed by atoms with van der Waals surface area (Å²) in [7, 11) is 0. The lowest BCUT2D eigenvalue weighted by atomic mass is 10.2. The van der Waals surface area contributed by atoms with Gasteiger partial charge in [-0.05, 0) is 26.0 Å². The SMILES string of the molecule is Cc1nc2scc(C)n2c(=O)c1NC(=O)c1ccc2ccccc2n1. The molecule has 0 aliphatic heterocycles. The first kappa shape index (κ1) is 15.5. The number of hydrogen-bond acceptors (Lipinski definition) is 5. The van der Waals surface area contributed by atoms with Gasteiger partial charge < -0.3 is 5.32 Å². The number of pyridine rings is 1. The normalized spacial score (nSPS) is 11.1. The van der Waals surface area contributed by atoms with Crippen LogP contribution >= 0.6 is 11.3 Å². The van der Waals surface area contributed by atoms with E-state index in [1.165, 1.54) is 15.7 Å². The Morgan fingerprint density at radius 2 is 1.92 bits per heavy atom. The molecule has 4 aromatic rings. The quantitative estimate of drug-likeness (QED) is 0.602. The number of amides is 1. The number of nitrogens with zero attached hydrogens (tertiary/aromatic N) is 3. The first-order chi connectivity index (χ1) is 12.0. The molecule has 124 valence electrons. The highest BCUT2D eigenvalue weighted by Crippen LogP contribution is 2.17. The monoisotopic (exact) mass is 350 g/mol. The smallest absolute Gasteiger partial charge is 0.282 e. The van der Waals surface area contributed by atoms with Crippen molar-refractivity contribution < 1.29 is 4.79 Å². The number of rotatable bonds is 2. The summed E-state index contributed by atoms with van der Waals surface area (Å²) in [6, 6.07) is 11.0. The Morgan fingerprint density at radius 3 is 2.76 bits per heavy atom. The highest BCUT2D eigenvalue weighted by molar-refractivity contribution is 7.15. The molecule has 0 fully saturated rings. The van der Waals surface area contributed by atoms with Crippen molar-refractivity contribution in [3.8, 4) is 0 Å². The zero-order valence-electron chi connectivity index (χ0n) is 13.6. The fraction of sp³-hybridized carbons (Fsp3) is 0.111. The van der Waals surface area contributed by atoms with Crippen LogP contribution in [0, 0.1) is 13.8 Å². The van der Waals surface area contributed by atoms with Crippen LogP contribution < -0.4 is 10.9 Å². The van der Waals surface area contributed by atoms with E-state index in [2.05, 4.69) is 15.3 Å². The Labute approximate surface area is 146 Å². The summed E-state index contributed by atoms with van der Waals surface area (Å²) in [5.41, 5.74) is 2.16. The molecule has 7 heteroatoms. The zero-order valence-corrected chi connectivity index (χ0v) is 14.4. The highest BCUT2D eigenvalue weighted by atomic mass is 32.1. The third-order valence-corrected chi connectivity index (χ3v) is 4.93. The standard InChI is InChI=1S/C18H14N4O2S/c1-10-9-25-18-19-11(2)15(17(24)22(10)18)21-16(23)14-8-7-12-5-3-4-6-13(12)20-14/h3-9H,1-2H3,(H,21,23). The van der Waals surface area contributed by atoms with Crippen molar-refractivity contribution in [2.24, 2.45) is 0 Å². The van der Waals surface area contributed by atoms with Gasteiger partial charge in [-0.1, -0.05) is 24.3 Å². The summed E-state index contributed by atoms with van der Waals surface area (Å²) >= 11 is 1.39. The number of hydrogen-bond donors (Lipinski definition) is 1. The van der Waals surface area contributed by atoms with E-state index in [-0.39, 0.29) is 16.9 Å². The molecule has 0 atom stereocenters. The van der Waals surface area contributed by atoms with E-state index in [1.807, 2.05) is 42.6 Å². The predicted octanol–water partition coefficient (Wildman–Crippen LogP) is 3.17. The molecule has 0 aliphatic rings. The lowest BCUT2D eigenvalue weighted by Gasteiger charge is -2.08. The summed E-state index contributed by atoms with van der Waals surface area (Å²) < 4.78 is 1.50. The molecule has 0 radical (unpaired) electrons. The van der Waals surface area contributed by atoms with Gasteiger partial charge in [-0.2, -0.15) is 0 Å². The van der Waals surface area contributed by atoms with E-state index in [4.69, 9.17) is 0 Å². The van der Waals surface area contributed by atoms with Crippen LogP contribution in [0.5, 0.6) is 0 Å². The van der Waals surface area contributed by atoms with Gasteiger partial charge in [0.25, 0.3) is 11.5 Å². The number of carbonyl (C=O) groups excluding carboxylic acids is 1. The zero-order chi connectivity index (χ0) is 17.6. The largest absolute Gasteiger partial charge is 0.314 e. The van der Waals surface area contributed by atoms with Crippen LogP contribution in [0.1, 0.15) is 21.9 Å². The summed E-state index contributed by atoms with van der Waals surface area (Å²) in [4.78, 5) is 34.7. The van der Waals surface area contributed by atoms with Gasteiger partial charge >= 0.3 is 0 Å². The van der Waals surface area contributed by atoms with Crippen molar-refractivity contribution in [1.82, 2.24) is 14.4 Å². The van der Waals surface area contributed by atoms with Gasteiger partial charge in [0.1, 0.15) is 11.4 Å². The van der Waals surface area contributed by atoms with Crippen LogP contribution in [0.4, 0.5) is 5.69 Å². The number of anilines is 1. The maximum Gasteiger partial charge on any atom is 0.282 e. The highest BCUT2D eigenvalue weighted by Gasteiger charge is 2.16. The minimum atomic E-state index is -0.430. The average Bonchev–Trinajstić information content (AvgIpc) is 2.98. The Bertz CT molecular complexity index is 1190. The molecule has 4 rings (SSSR count). The molecule has 1 N–H and O–H groups in total. The van der Waals surface area contributed by atoms with Gasteiger partial charge in [0.05, 0.1) is 11.2 Å². The first-order valence-electron chi connectivity index (χ1n) is 7.69. The number of aryl methyl sites for hydroxylation is 2. The topological polar surface area (TPSA) is 76.4 Å². The van der Waals surface area contributed by atoms with E-state index in [1.54, 1.807) is 13.0 Å². The van der Waals surface area contributed by atoms with Gasteiger partial charge in [0.2, 0.25) is 0 Å². The van der Waals surface area contributed by atoms with E-state index in [0.29, 0.717) is 10.7 Å². The molecular weight excluding hydrogens is 336 g/mol. The summed E-state index contributed by atoms with van der Waals surface area (Å²) in [5, 5.41) is 5.49. The molecule has 0 spiro atoms. The first-order valence-corrected chi connectivity index (χ1v) is 8.57. The average molecular weight is 350 g/mol. The molecule has 1 aromatic carbocycles. The Morgan fingerprint density at radius 1 is 1.12 bits per heavy atom. The predicted molar refractivity (Wildman–Crippen MR) is 98.5 cm³/mol. The molecule has 25 heavy (non-hydrogen) atoms. The maximum absolute atomic E-state index is 12.7. The van der Waals surface area contributed by atoms with Crippen LogP contribution in [0.3, 0.4) is 0 Å². The molecule has 0 saturated heterocycles. The van der Waals surface area contributed by atoms with Gasteiger partial charge in [-0.15, -0.1) is 11.3 Å². The van der Waals surface area contributed by atoms with E-state index >= 15 is 0 Å². The van der Waals surface area contributed by atoms with Crippen molar-refractivity contribution in [3.63, 3.8) is 0 Å². The van der Waals surface area contributed by atoms with Crippen molar-refractivity contribution in [1.29, 1.82) is 0 Å². The fourth-order valence-electron chi connectivity index (χ4n) is 2.70. The second-order valence-corrected chi connectivity index (χ2v) is 6.55. The minimum absolute atomic E-state index is 0.180. The number of para-hydroxylation sites is 1. The van der Waals surface area contributed by atoms with E-state index < -0.39 is 5.91 Å². The Hall–Kier alpha value is -3.06. The number of benzene rings is 1. The minimum Gasteiger partial charge on any atom is -0.314 e. The van der Waals surface area contributed by atoms with Crippen molar-refractivity contribution in [2.45, 2.75) is 13.8 Å². The van der Waals surface area contributed by atoms with Crippen LogP contribution in [0.25, 0.3) is 15.9 Å². The second-order valence-electron chi connectivity index (χ2n) is 5.72. The van der Waals surface area contributed by atoms with Crippen LogP contribution in [0.15, 0.2) is 46.6 Å². The molecule has 3 heterocycles. The van der Waals surface area contributed by atoms with Crippen LogP contribution in [0.2, 0.25) is 0 Å². The van der Waals surface area contributed by atoms with Gasteiger partial charge in [0.15, 0.2) is 4.96 Å². The summed E-state index contributed by atoms with van der Waals surface area (Å²) in [5.74, 6) is -0.430. The van der Waals surface area contributed by atoms with Crippen molar-refractivity contribution in [3.05, 3.63) is 69.2 Å². The molecule has 0 bridgehead atoms. The van der Waals surface area contributed by atoms with Crippen LogP contribution in [-0.4, -0.2) is 20.3 Å². The van der Waals surface area contributed by atoms with Crippen molar-refractivity contribution in [2.75, 3.05) is 5.32 Å². The fourth-order valence-corrected chi connectivity index (χ4v) is 3.60. The van der Waals surface area contributed by atoms with Gasteiger partial charge in [-0.25, -0.2) is 9.97 Å². The summed E-state index contributed by atoms with van der Waals surface area (Å²) in [6.45, 7) is 3.54. The summed E-state index contributed by atoms with van der Waals surface area (Å²) in [6.07, 6.45) is 0. The molecule has 3 aromatic heterocycles. The number of nitrogens with one attached hydrogen (secondary N) is 1. The molecular formula is C18H14N4O2S. The third kappa shape index (κ3) is 2.58. The maximum atomic E-state index is 12.7. The van der Waals surface area contributed by atoms with Gasteiger partial charge in [-0.3, -0.25) is 14.0 Å². The number of fused-ring (bicyclic) bond motifs is 2. The number of thiazole rings is 1. The molecule has 0 unspecified atom stereocenters. The number of aromatic nitrogens is 3. The Kier molecular flexibility index (Phi) is 3.58. The van der Waals surface area contributed by atoms with E-state index in [9.17, 15) is 9.59 Å². The molecule has 6 nitrogen and oxygen atoms in total. The van der Waals surface area contributed by atoms with Crippen LogP contribution in [-0.2, 0) is 0 Å². The van der Waals surface area contributed by atoms with Crippen molar-refractivity contribution >= 4 is 38.8 Å². The molecule has 0 aliphatic carbocycles. The third-order valence-electron chi connectivity index (χ3n) is 3.99. The Balaban J connectivity index is 1.76.